The van der Waals surface area contributed by atoms with Gasteiger partial charge in [-0.3, -0.25) is 4.79 Å². The molecule has 1 aliphatic carbocycles. The Labute approximate surface area is 134 Å². The first-order chi connectivity index (χ1) is 10.9. The van der Waals surface area contributed by atoms with Crippen LogP contribution in [0.25, 0.3) is 0 Å². The molecule has 0 atom stereocenters. The molecular weight excluding hydrogens is 298 g/mol. The number of nitrogens with zero attached hydrogens (tertiary/aromatic N) is 1. The van der Waals surface area contributed by atoms with Gasteiger partial charge in [0.25, 0.3) is 0 Å². The summed E-state index contributed by atoms with van der Waals surface area (Å²) in [7, 11) is 1.67. The highest BCUT2D eigenvalue weighted by atomic mass is 16.4. The summed E-state index contributed by atoms with van der Waals surface area (Å²) in [6.07, 6.45) is 0.973. The first-order valence-corrected chi connectivity index (χ1v) is 7.50. The summed E-state index contributed by atoms with van der Waals surface area (Å²) in [6, 6.07) is 9.30. The van der Waals surface area contributed by atoms with Crippen molar-refractivity contribution in [1.29, 1.82) is 0 Å². The minimum atomic E-state index is -1.08. The quantitative estimate of drug-likeness (QED) is 0.697. The number of nitrogens with one attached hydrogen (secondary N) is 2. The molecule has 124 valence electrons. The Morgan fingerprint density at radius 3 is 2.43 bits per heavy atom. The van der Waals surface area contributed by atoms with Crippen molar-refractivity contribution < 1.29 is 19.5 Å². The molecule has 0 aromatic heterocycles. The van der Waals surface area contributed by atoms with Crippen molar-refractivity contribution in [1.82, 2.24) is 15.5 Å². The summed E-state index contributed by atoms with van der Waals surface area (Å²) in [4.78, 5) is 36.1. The van der Waals surface area contributed by atoms with Crippen molar-refractivity contribution in [2.24, 2.45) is 0 Å². The Morgan fingerprint density at radius 2 is 1.87 bits per heavy atom. The van der Waals surface area contributed by atoms with Crippen molar-refractivity contribution >= 4 is 17.9 Å². The van der Waals surface area contributed by atoms with Crippen LogP contribution in [0, 0.1) is 0 Å². The van der Waals surface area contributed by atoms with Crippen molar-refractivity contribution in [3.63, 3.8) is 0 Å². The molecule has 0 unspecified atom stereocenters. The van der Waals surface area contributed by atoms with E-state index in [1.807, 2.05) is 30.3 Å². The van der Waals surface area contributed by atoms with Crippen LogP contribution >= 0.6 is 0 Å². The number of amides is 3. The summed E-state index contributed by atoms with van der Waals surface area (Å²) >= 11 is 0. The van der Waals surface area contributed by atoms with E-state index in [1.165, 1.54) is 4.90 Å². The second-order valence-corrected chi connectivity index (χ2v) is 5.76. The van der Waals surface area contributed by atoms with Gasteiger partial charge >= 0.3 is 12.0 Å². The number of carbonyl (C=O) groups is 3. The van der Waals surface area contributed by atoms with Gasteiger partial charge in [-0.25, -0.2) is 9.59 Å². The van der Waals surface area contributed by atoms with Gasteiger partial charge < -0.3 is 20.6 Å². The van der Waals surface area contributed by atoms with E-state index in [0.29, 0.717) is 19.4 Å². The summed E-state index contributed by atoms with van der Waals surface area (Å²) in [6.45, 7) is 0.639. The summed E-state index contributed by atoms with van der Waals surface area (Å²) in [5.41, 5.74) is -0.0643. The van der Waals surface area contributed by atoms with Crippen LogP contribution in [0.3, 0.4) is 0 Å². The van der Waals surface area contributed by atoms with Gasteiger partial charge in [-0.2, -0.15) is 0 Å². The normalized spacial score (nSPS) is 14.7. The van der Waals surface area contributed by atoms with Gasteiger partial charge in [0.1, 0.15) is 5.54 Å². The molecule has 0 bridgehead atoms. The number of aliphatic carboxylic acids is 1. The first kappa shape index (κ1) is 16.8. The van der Waals surface area contributed by atoms with Gasteiger partial charge in [-0.05, 0) is 18.4 Å². The molecule has 0 aliphatic heterocycles. The number of benzene rings is 1. The van der Waals surface area contributed by atoms with Crippen LogP contribution in [0.2, 0.25) is 0 Å². The SMILES string of the molecule is CN(Cc1ccccc1)C(=O)NCCC(=O)NC1(C(=O)O)CC1. The maximum absolute atomic E-state index is 11.9. The third-order valence-electron chi connectivity index (χ3n) is 3.78. The van der Waals surface area contributed by atoms with E-state index in [4.69, 9.17) is 5.11 Å². The van der Waals surface area contributed by atoms with E-state index in [2.05, 4.69) is 10.6 Å². The van der Waals surface area contributed by atoms with Gasteiger partial charge in [-0.1, -0.05) is 30.3 Å². The van der Waals surface area contributed by atoms with Crippen LogP contribution in [0.4, 0.5) is 4.79 Å². The smallest absolute Gasteiger partial charge is 0.329 e. The molecule has 23 heavy (non-hydrogen) atoms. The van der Waals surface area contributed by atoms with E-state index in [9.17, 15) is 14.4 Å². The maximum Gasteiger partial charge on any atom is 0.329 e. The molecule has 1 aromatic rings. The lowest BCUT2D eigenvalue weighted by atomic mass is 10.2. The topological polar surface area (TPSA) is 98.7 Å². The zero-order valence-corrected chi connectivity index (χ0v) is 13.0. The standard InChI is InChI=1S/C16H21N3O4/c1-19(11-12-5-3-2-4-6-12)15(23)17-10-7-13(20)18-16(8-9-16)14(21)22/h2-6H,7-11H2,1H3,(H,17,23)(H,18,20)(H,21,22). The fourth-order valence-corrected chi connectivity index (χ4v) is 2.19. The van der Waals surface area contributed by atoms with Gasteiger partial charge in [0.05, 0.1) is 0 Å². The molecular formula is C16H21N3O4. The molecule has 7 nitrogen and oxygen atoms in total. The number of carbonyl (C=O) groups excluding carboxylic acids is 2. The molecule has 0 radical (unpaired) electrons. The molecule has 1 saturated carbocycles. The Kier molecular flexibility index (Phi) is 5.20. The molecule has 2 rings (SSSR count). The van der Waals surface area contributed by atoms with Crippen LogP contribution < -0.4 is 10.6 Å². The number of hydrogen-bond acceptors (Lipinski definition) is 3. The largest absolute Gasteiger partial charge is 0.480 e. The second-order valence-electron chi connectivity index (χ2n) is 5.76. The predicted octanol–water partition coefficient (Wildman–Crippen LogP) is 0.951. The third-order valence-corrected chi connectivity index (χ3v) is 3.78. The summed E-state index contributed by atoms with van der Waals surface area (Å²) in [5, 5.41) is 14.1. The fourth-order valence-electron chi connectivity index (χ4n) is 2.19. The Bertz CT molecular complexity index is 584. The third kappa shape index (κ3) is 4.70. The van der Waals surface area contributed by atoms with Crippen molar-refractivity contribution in [2.75, 3.05) is 13.6 Å². The predicted molar refractivity (Wildman–Crippen MR) is 83.7 cm³/mol. The average molecular weight is 319 g/mol. The number of rotatable bonds is 7. The molecule has 0 saturated heterocycles. The Morgan fingerprint density at radius 1 is 1.22 bits per heavy atom. The Balaban J connectivity index is 1.68. The van der Waals surface area contributed by atoms with Crippen molar-refractivity contribution in [2.45, 2.75) is 31.3 Å². The average Bonchev–Trinajstić information content (AvgIpc) is 3.29. The molecule has 1 fully saturated rings. The van der Waals surface area contributed by atoms with Gasteiger partial charge in [-0.15, -0.1) is 0 Å². The van der Waals surface area contributed by atoms with Gasteiger partial charge in [0.2, 0.25) is 5.91 Å². The zero-order valence-electron chi connectivity index (χ0n) is 13.0. The molecule has 1 aromatic carbocycles. The van der Waals surface area contributed by atoms with Crippen LogP contribution in [-0.4, -0.2) is 47.0 Å². The minimum absolute atomic E-state index is 0.0555. The van der Waals surface area contributed by atoms with Gasteiger partial charge in [0.15, 0.2) is 0 Å². The Hall–Kier alpha value is -2.57. The van der Waals surface area contributed by atoms with Gasteiger partial charge in [0, 0.05) is 26.6 Å². The van der Waals surface area contributed by atoms with E-state index in [-0.39, 0.29) is 24.9 Å². The highest BCUT2D eigenvalue weighted by Gasteiger charge is 2.51. The summed E-state index contributed by atoms with van der Waals surface area (Å²) < 4.78 is 0. The van der Waals surface area contributed by atoms with Crippen LogP contribution in [0.5, 0.6) is 0 Å². The lowest BCUT2D eigenvalue weighted by molar-refractivity contribution is -0.143. The number of hydrogen-bond donors (Lipinski definition) is 3. The zero-order chi connectivity index (χ0) is 16.9. The van der Waals surface area contributed by atoms with E-state index in [1.54, 1.807) is 7.05 Å². The maximum atomic E-state index is 11.9. The molecule has 3 amide bonds. The fraction of sp³-hybridized carbons (Fsp3) is 0.438. The van der Waals surface area contributed by atoms with Crippen LogP contribution in [-0.2, 0) is 16.1 Å². The second kappa shape index (κ2) is 7.13. The van der Waals surface area contributed by atoms with E-state index >= 15 is 0 Å². The molecule has 3 N–H and O–H groups in total. The van der Waals surface area contributed by atoms with E-state index in [0.717, 1.165) is 5.56 Å². The lowest BCUT2D eigenvalue weighted by Crippen LogP contribution is -2.44. The van der Waals surface area contributed by atoms with Crippen LogP contribution in [0.15, 0.2) is 30.3 Å². The van der Waals surface area contributed by atoms with E-state index < -0.39 is 11.5 Å². The highest BCUT2D eigenvalue weighted by molar-refractivity contribution is 5.89. The molecule has 0 heterocycles. The number of urea groups is 1. The molecule has 1 aliphatic rings. The number of carboxylic acid groups (broad SMARTS) is 1. The van der Waals surface area contributed by atoms with Crippen molar-refractivity contribution in [3.05, 3.63) is 35.9 Å². The summed E-state index contributed by atoms with van der Waals surface area (Å²) in [5.74, 6) is -1.37. The lowest BCUT2D eigenvalue weighted by Gasteiger charge is -2.18. The highest BCUT2D eigenvalue weighted by Crippen LogP contribution is 2.35. The van der Waals surface area contributed by atoms with Crippen molar-refractivity contribution in [3.8, 4) is 0 Å². The monoisotopic (exact) mass is 319 g/mol. The minimum Gasteiger partial charge on any atom is -0.480 e. The molecule has 7 heteroatoms. The van der Waals surface area contributed by atoms with Crippen LogP contribution in [0.1, 0.15) is 24.8 Å². The molecule has 0 spiro atoms. The first-order valence-electron chi connectivity index (χ1n) is 7.50. The number of carboxylic acids is 1.